The van der Waals surface area contributed by atoms with E-state index in [0.717, 1.165) is 63.7 Å². The molecule has 0 heterocycles. The van der Waals surface area contributed by atoms with Crippen LogP contribution in [0.15, 0.2) is 122 Å². The molecule has 0 aromatic heterocycles. The third kappa shape index (κ3) is 12.3. The molecule has 2 atom stereocenters. The van der Waals surface area contributed by atoms with Crippen LogP contribution >= 0.6 is 0 Å². The molecule has 310 valence electrons. The van der Waals surface area contributed by atoms with E-state index >= 15 is 0 Å². The first kappa shape index (κ1) is 45.8. The maximum Gasteiger partial charge on any atom is 0.217 e. The van der Waals surface area contributed by atoms with Crippen molar-refractivity contribution in [3.05, 3.63) is 119 Å². The summed E-state index contributed by atoms with van der Waals surface area (Å²) in [4.78, 5) is 9.96. The maximum absolute atomic E-state index is 13.0. The smallest absolute Gasteiger partial charge is 0.217 e. The molecule has 0 saturated heterocycles. The average molecular weight is 819 g/mol. The maximum atomic E-state index is 13.0. The lowest BCUT2D eigenvalue weighted by molar-refractivity contribution is -0.179. The van der Waals surface area contributed by atoms with Crippen LogP contribution < -0.4 is 5.73 Å². The lowest BCUT2D eigenvalue weighted by Crippen LogP contribution is -2.30. The van der Waals surface area contributed by atoms with Gasteiger partial charge in [0.1, 0.15) is 0 Å². The van der Waals surface area contributed by atoms with Gasteiger partial charge in [0, 0.05) is 34.9 Å². The summed E-state index contributed by atoms with van der Waals surface area (Å²) in [6.45, 7) is 3.42. The Labute approximate surface area is 341 Å². The molecule has 2 aliphatic carbocycles. The van der Waals surface area contributed by atoms with Crippen molar-refractivity contribution in [2.24, 2.45) is 10.7 Å². The van der Waals surface area contributed by atoms with E-state index in [1.807, 2.05) is 81.3 Å². The largest absolute Gasteiger partial charge is 0.367 e. The number of sulfone groups is 2. The monoisotopic (exact) mass is 818 g/mol. The number of aryl methyl sites for hydroxylation is 2. The number of hydrogen-bond donors (Lipinski definition) is 1. The van der Waals surface area contributed by atoms with Gasteiger partial charge in [0.05, 0.1) is 25.4 Å². The number of benzene rings is 4. The Morgan fingerprint density at radius 3 is 1.49 bits per heavy atom. The zero-order valence-electron chi connectivity index (χ0n) is 34.7. The fourth-order valence-corrected chi connectivity index (χ4v) is 10.0. The summed E-state index contributed by atoms with van der Waals surface area (Å²) < 4.78 is 61.2. The third-order valence-electron chi connectivity index (χ3n) is 10.6. The number of aliphatic imine (C=N–C) groups is 1. The van der Waals surface area contributed by atoms with Crippen LogP contribution in [0.4, 0.5) is 0 Å². The van der Waals surface area contributed by atoms with Gasteiger partial charge in [-0.2, -0.15) is 0 Å². The zero-order valence-corrected chi connectivity index (χ0v) is 36.4. The normalized spacial score (nSPS) is 16.8. The minimum absolute atomic E-state index is 0.213. The molecule has 2 unspecified atom stereocenters. The highest BCUT2D eigenvalue weighted by Crippen LogP contribution is 2.37. The van der Waals surface area contributed by atoms with Crippen molar-refractivity contribution < 1.29 is 26.3 Å². The number of rotatable bonds is 12. The summed E-state index contributed by atoms with van der Waals surface area (Å²) in [5, 5.41) is 0. The zero-order chi connectivity index (χ0) is 41.6. The van der Waals surface area contributed by atoms with Gasteiger partial charge < -0.3 is 20.1 Å². The van der Waals surface area contributed by atoms with Gasteiger partial charge in [-0.05, 0) is 162 Å². The fraction of sp³-hybridized carbons (Fsp3) is 0.444. The number of nitrogens with zero attached hydrogens (tertiary/aromatic N) is 3. The van der Waals surface area contributed by atoms with E-state index in [1.165, 1.54) is 22.3 Å². The number of amidine groups is 1. The summed E-state index contributed by atoms with van der Waals surface area (Å²) in [6.07, 6.45) is 8.21. The molecule has 2 N–H and O–H groups in total. The standard InChI is InChI=1S/C22H28N2O2S.C18H21NO2S.C5H13NO2/c1-17(24(2)3)23-15-14-19-9-7-8-18-12-13-21(16-22(18)19)27(25,26)20-10-5-4-6-11-20;19-12-11-15-6-4-5-14-9-10-17(13-18(14)15)22(20,21)16-7-2-1-3-8-16;1-6(2)5(7-3)8-4/h4-6,10-13,16,19H,7-9,14-15H2,1-3H3;1-3,7-10,13,15H,4-6,11-12,19H2;5H,1-4H3. The van der Waals surface area contributed by atoms with Crippen LogP contribution in [-0.2, 0) is 42.0 Å². The summed E-state index contributed by atoms with van der Waals surface area (Å²) in [6, 6.07) is 28.6. The van der Waals surface area contributed by atoms with Gasteiger partial charge in [0.2, 0.25) is 26.1 Å². The molecular weight excluding hydrogens is 757 g/mol. The van der Waals surface area contributed by atoms with E-state index < -0.39 is 19.7 Å². The van der Waals surface area contributed by atoms with Crippen LogP contribution in [0, 0.1) is 0 Å². The Kier molecular flexibility index (Phi) is 17.5. The van der Waals surface area contributed by atoms with Crippen LogP contribution in [-0.4, -0.2) is 94.4 Å². The lowest BCUT2D eigenvalue weighted by Gasteiger charge is -2.26. The summed E-state index contributed by atoms with van der Waals surface area (Å²) in [5.41, 5.74) is 10.6. The number of nitrogens with two attached hydrogens (primary N) is 1. The summed E-state index contributed by atoms with van der Waals surface area (Å²) in [7, 11) is 4.06. The van der Waals surface area contributed by atoms with E-state index in [1.54, 1.807) is 74.9 Å². The summed E-state index contributed by atoms with van der Waals surface area (Å²) in [5.74, 6) is 1.78. The molecule has 4 aromatic carbocycles. The van der Waals surface area contributed by atoms with Gasteiger partial charge in [0.25, 0.3) is 0 Å². The first-order chi connectivity index (χ1) is 27.2. The van der Waals surface area contributed by atoms with Crippen LogP contribution in [0.1, 0.15) is 79.5 Å². The Bertz CT molecular complexity index is 2100. The van der Waals surface area contributed by atoms with Gasteiger partial charge in [-0.15, -0.1) is 0 Å². The molecule has 12 heteroatoms. The van der Waals surface area contributed by atoms with E-state index in [-0.39, 0.29) is 6.41 Å². The third-order valence-corrected chi connectivity index (χ3v) is 14.2. The number of methoxy groups -OCH3 is 2. The van der Waals surface area contributed by atoms with Crippen molar-refractivity contribution in [1.82, 2.24) is 9.80 Å². The fourth-order valence-electron chi connectivity index (χ4n) is 7.40. The van der Waals surface area contributed by atoms with Crippen LogP contribution in [0.5, 0.6) is 0 Å². The Morgan fingerprint density at radius 1 is 0.684 bits per heavy atom. The molecule has 4 aromatic rings. The molecule has 0 spiro atoms. The highest BCUT2D eigenvalue weighted by Gasteiger charge is 2.26. The van der Waals surface area contributed by atoms with Crippen LogP contribution in [0.3, 0.4) is 0 Å². The lowest BCUT2D eigenvalue weighted by atomic mass is 9.81. The second-order valence-electron chi connectivity index (χ2n) is 15.0. The Hall–Kier alpha value is -3.91. The molecule has 0 fully saturated rings. The van der Waals surface area contributed by atoms with Crippen molar-refractivity contribution in [3.63, 3.8) is 0 Å². The van der Waals surface area contributed by atoms with Crippen molar-refractivity contribution >= 4 is 25.5 Å². The van der Waals surface area contributed by atoms with Gasteiger partial charge in [0.15, 0.2) is 0 Å². The van der Waals surface area contributed by atoms with Gasteiger partial charge in [-0.25, -0.2) is 16.8 Å². The predicted molar refractivity (Wildman–Crippen MR) is 229 cm³/mol. The average Bonchev–Trinajstić information content (AvgIpc) is 3.22. The molecule has 57 heavy (non-hydrogen) atoms. The minimum atomic E-state index is -3.48. The summed E-state index contributed by atoms with van der Waals surface area (Å²) >= 11 is 0. The van der Waals surface area contributed by atoms with Gasteiger partial charge >= 0.3 is 0 Å². The van der Waals surface area contributed by atoms with Crippen molar-refractivity contribution in [2.45, 2.75) is 96.1 Å². The van der Waals surface area contributed by atoms with Crippen molar-refractivity contribution in [1.29, 1.82) is 0 Å². The van der Waals surface area contributed by atoms with E-state index in [4.69, 9.17) is 15.2 Å². The predicted octanol–water partition coefficient (Wildman–Crippen LogP) is 7.72. The molecule has 0 bridgehead atoms. The topological polar surface area (TPSA) is 132 Å². The molecular formula is C45H62N4O6S2. The highest BCUT2D eigenvalue weighted by atomic mass is 32.2. The first-order valence-electron chi connectivity index (χ1n) is 19.7. The number of ether oxygens (including phenoxy) is 2. The van der Waals surface area contributed by atoms with Crippen LogP contribution in [0.25, 0.3) is 0 Å². The molecule has 6 rings (SSSR count). The quantitative estimate of drug-likeness (QED) is 0.0868. The molecule has 2 aliphatic rings. The van der Waals surface area contributed by atoms with E-state index in [0.29, 0.717) is 38.0 Å². The Morgan fingerprint density at radius 2 is 1.12 bits per heavy atom. The highest BCUT2D eigenvalue weighted by molar-refractivity contribution is 7.91. The molecule has 0 aliphatic heterocycles. The van der Waals surface area contributed by atoms with Crippen molar-refractivity contribution in [3.8, 4) is 0 Å². The van der Waals surface area contributed by atoms with E-state index in [2.05, 4.69) is 4.99 Å². The molecule has 0 saturated carbocycles. The van der Waals surface area contributed by atoms with Crippen molar-refractivity contribution in [2.75, 3.05) is 55.5 Å². The molecule has 10 nitrogen and oxygen atoms in total. The van der Waals surface area contributed by atoms with Crippen LogP contribution in [0.2, 0.25) is 0 Å². The second kappa shape index (κ2) is 21.7. The second-order valence-corrected chi connectivity index (χ2v) is 18.9. The van der Waals surface area contributed by atoms with E-state index in [9.17, 15) is 16.8 Å². The number of hydrogen-bond acceptors (Lipinski definition) is 9. The first-order valence-corrected chi connectivity index (χ1v) is 22.7. The molecule has 0 radical (unpaired) electrons. The Balaban J connectivity index is 0.000000215. The minimum Gasteiger partial charge on any atom is -0.367 e. The number of fused-ring (bicyclic) bond motifs is 2. The molecule has 0 amide bonds. The SMILES string of the molecule is CC(=NCCC1CCCc2ccc(S(=O)(=O)c3ccccc3)cc21)N(C)C.COC(OC)N(C)C.NCCC1CCCc2ccc(S(=O)(=O)c3ccccc3)cc21. The van der Waals surface area contributed by atoms with Gasteiger partial charge in [-0.3, -0.25) is 9.89 Å². The van der Waals surface area contributed by atoms with Gasteiger partial charge in [-0.1, -0.05) is 48.5 Å².